The predicted molar refractivity (Wildman–Crippen MR) is 113 cm³/mol. The second-order valence-corrected chi connectivity index (χ2v) is 6.76. The van der Waals surface area contributed by atoms with Gasteiger partial charge in [-0.05, 0) is 20.3 Å². The van der Waals surface area contributed by atoms with Gasteiger partial charge in [0, 0.05) is 27.1 Å². The lowest BCUT2D eigenvalue weighted by Gasteiger charge is -2.13. The average Bonchev–Trinajstić information content (AvgIpc) is 2.81. The molecule has 0 spiro atoms. The van der Waals surface area contributed by atoms with Crippen LogP contribution in [0.2, 0.25) is 0 Å². The molecule has 0 rings (SSSR count). The highest BCUT2D eigenvalue weighted by atomic mass is 16.6. The zero-order valence-electron chi connectivity index (χ0n) is 20.2. The molecule has 0 N–H and O–H groups in total. The van der Waals surface area contributed by atoms with Crippen molar-refractivity contribution >= 4 is 35.8 Å². The van der Waals surface area contributed by atoms with Crippen molar-refractivity contribution < 1.29 is 66.7 Å². The Bertz CT molecular complexity index is 646. The van der Waals surface area contributed by atoms with E-state index in [-0.39, 0.29) is 45.7 Å². The SMILES string of the molecule is COCCOC(=O)COC(=O)C(C)OC(=O)CCCC(=O)OC(C)C(=O)OCC(=O)OCCOC. The third kappa shape index (κ3) is 16.9. The average molecular weight is 508 g/mol. The second-order valence-electron chi connectivity index (χ2n) is 6.76. The van der Waals surface area contributed by atoms with Gasteiger partial charge >= 0.3 is 35.8 Å². The van der Waals surface area contributed by atoms with Crippen LogP contribution in [0.25, 0.3) is 0 Å². The standard InChI is InChI=1S/C21H32O14/c1-14(20(26)32-12-18(24)30-10-8-28-3)34-16(22)6-5-7-17(23)35-15(2)21(27)33-13-19(25)31-11-9-29-4/h14-15H,5-13H2,1-4H3. The number of ether oxygens (including phenoxy) is 8. The summed E-state index contributed by atoms with van der Waals surface area (Å²) in [5.41, 5.74) is 0. The van der Waals surface area contributed by atoms with E-state index in [1.165, 1.54) is 28.1 Å². The quantitative estimate of drug-likeness (QED) is 0.131. The van der Waals surface area contributed by atoms with Gasteiger partial charge in [0.25, 0.3) is 0 Å². The van der Waals surface area contributed by atoms with Gasteiger partial charge in [-0.15, -0.1) is 0 Å². The highest BCUT2D eigenvalue weighted by Crippen LogP contribution is 2.06. The zero-order chi connectivity index (χ0) is 26.6. The minimum atomic E-state index is -1.28. The molecule has 0 saturated carbocycles. The number of methoxy groups -OCH3 is 2. The smallest absolute Gasteiger partial charge is 0.347 e. The summed E-state index contributed by atoms with van der Waals surface area (Å²) in [5, 5.41) is 0. The summed E-state index contributed by atoms with van der Waals surface area (Å²) in [4.78, 5) is 69.8. The molecule has 200 valence electrons. The number of carbonyl (C=O) groups is 6. The first-order valence-corrected chi connectivity index (χ1v) is 10.6. The zero-order valence-corrected chi connectivity index (χ0v) is 20.2. The third-order valence-corrected chi connectivity index (χ3v) is 3.81. The van der Waals surface area contributed by atoms with Crippen molar-refractivity contribution in [2.75, 3.05) is 53.9 Å². The monoisotopic (exact) mass is 508 g/mol. The van der Waals surface area contributed by atoms with E-state index in [2.05, 4.69) is 9.47 Å². The van der Waals surface area contributed by atoms with Crippen LogP contribution in [0.15, 0.2) is 0 Å². The Labute approximate surface area is 202 Å². The van der Waals surface area contributed by atoms with Crippen molar-refractivity contribution in [2.45, 2.75) is 45.3 Å². The van der Waals surface area contributed by atoms with Crippen molar-refractivity contribution in [3.63, 3.8) is 0 Å². The summed E-state index contributed by atoms with van der Waals surface area (Å²) >= 11 is 0. The van der Waals surface area contributed by atoms with Crippen molar-refractivity contribution in [3.8, 4) is 0 Å². The minimum absolute atomic E-state index is 0.00374. The van der Waals surface area contributed by atoms with Crippen LogP contribution in [0.5, 0.6) is 0 Å². The summed E-state index contributed by atoms with van der Waals surface area (Å²) in [5.74, 6) is -5.04. The van der Waals surface area contributed by atoms with Crippen LogP contribution in [0.3, 0.4) is 0 Å². The summed E-state index contributed by atoms with van der Waals surface area (Å²) in [7, 11) is 2.86. The predicted octanol–water partition coefficient (Wildman–Crippen LogP) is -0.514. The number of hydrogen-bond acceptors (Lipinski definition) is 14. The van der Waals surface area contributed by atoms with Crippen LogP contribution in [-0.2, 0) is 66.7 Å². The van der Waals surface area contributed by atoms with Gasteiger partial charge in [-0.3, -0.25) is 9.59 Å². The van der Waals surface area contributed by atoms with Gasteiger partial charge in [0.15, 0.2) is 25.4 Å². The van der Waals surface area contributed by atoms with Crippen LogP contribution in [0, 0.1) is 0 Å². The van der Waals surface area contributed by atoms with Crippen LogP contribution >= 0.6 is 0 Å². The summed E-state index contributed by atoms with van der Waals surface area (Å²) in [6.07, 6.45) is -3.00. The first-order chi connectivity index (χ1) is 16.6. The van der Waals surface area contributed by atoms with Gasteiger partial charge in [-0.1, -0.05) is 0 Å². The van der Waals surface area contributed by atoms with Crippen molar-refractivity contribution in [1.82, 2.24) is 0 Å². The first-order valence-electron chi connectivity index (χ1n) is 10.6. The van der Waals surface area contributed by atoms with Crippen LogP contribution < -0.4 is 0 Å². The molecule has 14 heteroatoms. The molecule has 0 aromatic carbocycles. The molecule has 0 amide bonds. The fourth-order valence-electron chi connectivity index (χ4n) is 2.04. The van der Waals surface area contributed by atoms with E-state index in [1.54, 1.807) is 0 Å². The maximum absolute atomic E-state index is 11.8. The molecule has 0 aliphatic rings. The Hall–Kier alpha value is -3.26. The molecule has 14 nitrogen and oxygen atoms in total. The van der Waals surface area contributed by atoms with Gasteiger partial charge in [0.2, 0.25) is 0 Å². The molecule has 0 aliphatic carbocycles. The Morgan fingerprint density at radius 2 is 0.914 bits per heavy atom. The first kappa shape index (κ1) is 31.7. The minimum Gasteiger partial charge on any atom is -0.461 e. The topological polar surface area (TPSA) is 176 Å². The second kappa shape index (κ2) is 19.1. The van der Waals surface area contributed by atoms with E-state index >= 15 is 0 Å². The molecule has 2 atom stereocenters. The van der Waals surface area contributed by atoms with E-state index in [1.807, 2.05) is 0 Å². The molecule has 0 aromatic rings. The van der Waals surface area contributed by atoms with Gasteiger partial charge in [0.1, 0.15) is 13.2 Å². The third-order valence-electron chi connectivity index (χ3n) is 3.81. The molecule has 0 fully saturated rings. The molecule has 2 unspecified atom stereocenters. The molecule has 0 bridgehead atoms. The van der Waals surface area contributed by atoms with Crippen LogP contribution in [0.1, 0.15) is 33.1 Å². The van der Waals surface area contributed by atoms with Crippen LogP contribution in [0.4, 0.5) is 0 Å². The lowest BCUT2D eigenvalue weighted by Crippen LogP contribution is -2.29. The molecule has 0 aromatic heterocycles. The van der Waals surface area contributed by atoms with E-state index < -0.39 is 61.2 Å². The molecular formula is C21H32O14. The lowest BCUT2D eigenvalue weighted by atomic mass is 10.2. The van der Waals surface area contributed by atoms with Crippen molar-refractivity contribution in [1.29, 1.82) is 0 Å². The van der Waals surface area contributed by atoms with E-state index in [4.69, 9.17) is 28.4 Å². The Morgan fingerprint density at radius 1 is 0.543 bits per heavy atom. The van der Waals surface area contributed by atoms with E-state index in [0.29, 0.717) is 0 Å². The molecule has 0 heterocycles. The Morgan fingerprint density at radius 3 is 1.26 bits per heavy atom. The Balaban J connectivity index is 4.07. The van der Waals surface area contributed by atoms with Gasteiger partial charge in [-0.25, -0.2) is 19.2 Å². The van der Waals surface area contributed by atoms with Gasteiger partial charge in [-0.2, -0.15) is 0 Å². The fraction of sp³-hybridized carbons (Fsp3) is 0.714. The largest absolute Gasteiger partial charge is 0.461 e. The van der Waals surface area contributed by atoms with E-state index in [9.17, 15) is 28.8 Å². The number of rotatable bonds is 18. The van der Waals surface area contributed by atoms with Crippen molar-refractivity contribution in [2.24, 2.45) is 0 Å². The number of carbonyl (C=O) groups excluding carboxylic acids is 6. The van der Waals surface area contributed by atoms with Crippen LogP contribution in [-0.4, -0.2) is 102 Å². The van der Waals surface area contributed by atoms with E-state index in [0.717, 1.165) is 0 Å². The number of esters is 6. The Kier molecular flexibility index (Phi) is 17.3. The molecular weight excluding hydrogens is 476 g/mol. The van der Waals surface area contributed by atoms with Crippen molar-refractivity contribution in [3.05, 3.63) is 0 Å². The molecule has 0 radical (unpaired) electrons. The highest BCUT2D eigenvalue weighted by Gasteiger charge is 2.23. The maximum Gasteiger partial charge on any atom is 0.347 e. The fourth-order valence-corrected chi connectivity index (χ4v) is 2.04. The summed E-state index contributed by atoms with van der Waals surface area (Å²) in [6.45, 7) is 1.61. The number of hydrogen-bond donors (Lipinski definition) is 0. The molecule has 35 heavy (non-hydrogen) atoms. The maximum atomic E-state index is 11.8. The highest BCUT2D eigenvalue weighted by molar-refractivity contribution is 5.82. The lowest BCUT2D eigenvalue weighted by molar-refractivity contribution is -0.172. The van der Waals surface area contributed by atoms with Gasteiger partial charge < -0.3 is 37.9 Å². The normalized spacial score (nSPS) is 12.0. The molecule has 0 aliphatic heterocycles. The summed E-state index contributed by atoms with van der Waals surface area (Å²) < 4.78 is 37.9. The summed E-state index contributed by atoms with van der Waals surface area (Å²) in [6, 6.07) is 0. The molecule has 0 saturated heterocycles. The van der Waals surface area contributed by atoms with Gasteiger partial charge in [0.05, 0.1) is 13.2 Å².